The SMILES string of the molecule is Cc1ccc(S(=O)(=O)N[C@H](CC(C)C)C(=O)N2C[C@H](C)O[C@@H](C)C2)cc1. The molecule has 0 bridgehead atoms. The van der Waals surface area contributed by atoms with Crippen LogP contribution in [0.25, 0.3) is 0 Å². The normalized spacial score (nSPS) is 22.5. The van der Waals surface area contributed by atoms with Crippen LogP contribution in [0.4, 0.5) is 0 Å². The maximum absolute atomic E-state index is 13.0. The topological polar surface area (TPSA) is 75.7 Å². The number of benzene rings is 1. The van der Waals surface area contributed by atoms with Gasteiger partial charge in [0.1, 0.15) is 6.04 Å². The van der Waals surface area contributed by atoms with Gasteiger partial charge in [0.05, 0.1) is 17.1 Å². The van der Waals surface area contributed by atoms with Crippen LogP contribution in [0.1, 0.15) is 39.7 Å². The quantitative estimate of drug-likeness (QED) is 0.819. The van der Waals surface area contributed by atoms with Crippen molar-refractivity contribution in [2.24, 2.45) is 5.92 Å². The van der Waals surface area contributed by atoms with Gasteiger partial charge in [-0.1, -0.05) is 31.5 Å². The van der Waals surface area contributed by atoms with Crippen molar-refractivity contribution in [2.75, 3.05) is 13.1 Å². The Morgan fingerprint density at radius 1 is 1.19 bits per heavy atom. The second kappa shape index (κ2) is 8.50. The molecule has 1 heterocycles. The fourth-order valence-corrected chi connectivity index (χ4v) is 4.42. The molecule has 146 valence electrons. The van der Waals surface area contributed by atoms with Crippen LogP contribution >= 0.6 is 0 Å². The molecule has 6 nitrogen and oxygen atoms in total. The van der Waals surface area contributed by atoms with Crippen molar-refractivity contribution in [3.05, 3.63) is 29.8 Å². The molecular formula is C19H30N2O4S. The van der Waals surface area contributed by atoms with Crippen LogP contribution in [0.15, 0.2) is 29.2 Å². The summed E-state index contributed by atoms with van der Waals surface area (Å²) < 4.78 is 33.8. The van der Waals surface area contributed by atoms with Crippen molar-refractivity contribution < 1.29 is 17.9 Å². The summed E-state index contributed by atoms with van der Waals surface area (Å²) in [5.41, 5.74) is 0.982. The van der Waals surface area contributed by atoms with Gasteiger partial charge in [-0.2, -0.15) is 4.72 Å². The highest BCUT2D eigenvalue weighted by Crippen LogP contribution is 2.17. The Morgan fingerprint density at radius 3 is 2.23 bits per heavy atom. The number of carbonyl (C=O) groups excluding carboxylic acids is 1. The first-order chi connectivity index (χ1) is 12.1. The molecule has 0 aromatic heterocycles. The first-order valence-corrected chi connectivity index (χ1v) is 10.6. The van der Waals surface area contributed by atoms with E-state index in [0.29, 0.717) is 19.5 Å². The predicted octanol–water partition coefficient (Wildman–Crippen LogP) is 2.32. The van der Waals surface area contributed by atoms with E-state index in [1.54, 1.807) is 29.2 Å². The number of hydrogen-bond donors (Lipinski definition) is 1. The van der Waals surface area contributed by atoms with Crippen molar-refractivity contribution in [3.8, 4) is 0 Å². The first kappa shape index (κ1) is 20.9. The van der Waals surface area contributed by atoms with Gasteiger partial charge in [0.15, 0.2) is 0 Å². The molecule has 1 aromatic carbocycles. The number of hydrogen-bond acceptors (Lipinski definition) is 4. The predicted molar refractivity (Wildman–Crippen MR) is 101 cm³/mol. The molecule has 1 amide bonds. The van der Waals surface area contributed by atoms with Gasteiger partial charge in [-0.15, -0.1) is 0 Å². The molecule has 1 N–H and O–H groups in total. The Kier molecular flexibility index (Phi) is 6.82. The summed E-state index contributed by atoms with van der Waals surface area (Å²) in [5, 5.41) is 0. The fourth-order valence-electron chi connectivity index (χ4n) is 3.22. The van der Waals surface area contributed by atoms with Crippen LogP contribution in [0.5, 0.6) is 0 Å². The molecule has 1 aliphatic rings. The largest absolute Gasteiger partial charge is 0.372 e. The average Bonchev–Trinajstić information content (AvgIpc) is 2.52. The minimum Gasteiger partial charge on any atom is -0.372 e. The lowest BCUT2D eigenvalue weighted by Crippen LogP contribution is -2.55. The minimum absolute atomic E-state index is 0.0592. The number of aryl methyl sites for hydroxylation is 1. The van der Waals surface area contributed by atoms with Crippen molar-refractivity contribution in [2.45, 2.75) is 64.2 Å². The number of nitrogens with zero attached hydrogens (tertiary/aromatic N) is 1. The third-order valence-corrected chi connectivity index (χ3v) is 5.85. The Hall–Kier alpha value is -1.44. The van der Waals surface area contributed by atoms with E-state index in [0.717, 1.165) is 5.56 Å². The number of rotatable bonds is 6. The molecule has 1 fully saturated rings. The van der Waals surface area contributed by atoms with Crippen molar-refractivity contribution in [1.82, 2.24) is 9.62 Å². The summed E-state index contributed by atoms with van der Waals surface area (Å²) >= 11 is 0. The summed E-state index contributed by atoms with van der Waals surface area (Å²) in [6, 6.07) is 5.85. The monoisotopic (exact) mass is 382 g/mol. The zero-order valence-electron chi connectivity index (χ0n) is 16.2. The highest BCUT2D eigenvalue weighted by molar-refractivity contribution is 7.89. The van der Waals surface area contributed by atoms with Gasteiger partial charge in [-0.3, -0.25) is 4.79 Å². The highest BCUT2D eigenvalue weighted by Gasteiger charge is 2.33. The van der Waals surface area contributed by atoms with Gasteiger partial charge in [0, 0.05) is 13.1 Å². The molecule has 1 aliphatic heterocycles. The van der Waals surface area contributed by atoms with Gasteiger partial charge < -0.3 is 9.64 Å². The van der Waals surface area contributed by atoms with E-state index in [1.165, 1.54) is 0 Å². The standard InChI is InChI=1S/C19H30N2O4S/c1-13(2)10-18(19(22)21-11-15(4)25-16(5)12-21)20-26(23,24)17-8-6-14(3)7-9-17/h6-9,13,15-16,18,20H,10-12H2,1-5H3/t15-,16-,18+/m0/s1. The van der Waals surface area contributed by atoms with E-state index in [-0.39, 0.29) is 28.9 Å². The summed E-state index contributed by atoms with van der Waals surface area (Å²) in [6.45, 7) is 10.6. The molecule has 26 heavy (non-hydrogen) atoms. The molecule has 0 unspecified atom stereocenters. The van der Waals surface area contributed by atoms with Crippen molar-refractivity contribution in [1.29, 1.82) is 0 Å². The van der Waals surface area contributed by atoms with Crippen molar-refractivity contribution in [3.63, 3.8) is 0 Å². The second-order valence-corrected chi connectivity index (χ2v) is 9.33. The van der Waals surface area contributed by atoms with Crippen molar-refractivity contribution >= 4 is 15.9 Å². The van der Waals surface area contributed by atoms with E-state index < -0.39 is 16.1 Å². The summed E-state index contributed by atoms with van der Waals surface area (Å²) in [7, 11) is -3.76. The van der Waals surface area contributed by atoms with Crippen LogP contribution in [0.2, 0.25) is 0 Å². The molecule has 1 saturated heterocycles. The number of amides is 1. The van der Waals surface area contributed by atoms with Gasteiger partial charge >= 0.3 is 0 Å². The van der Waals surface area contributed by atoms with E-state index in [1.807, 2.05) is 34.6 Å². The van der Waals surface area contributed by atoms with Gasteiger partial charge in [0.25, 0.3) is 0 Å². The van der Waals surface area contributed by atoms with Crippen LogP contribution < -0.4 is 4.72 Å². The summed E-state index contributed by atoms with van der Waals surface area (Å²) in [6.07, 6.45) is 0.330. The van der Waals surface area contributed by atoms with Crippen LogP contribution in [-0.2, 0) is 19.6 Å². The Bertz CT molecular complexity index is 706. The van der Waals surface area contributed by atoms with Gasteiger partial charge in [-0.05, 0) is 45.2 Å². The van der Waals surface area contributed by atoms with E-state index in [2.05, 4.69) is 4.72 Å². The third kappa shape index (κ3) is 5.53. The van der Waals surface area contributed by atoms with E-state index in [4.69, 9.17) is 4.74 Å². The number of ether oxygens (including phenoxy) is 1. The second-order valence-electron chi connectivity index (χ2n) is 7.62. The zero-order valence-corrected chi connectivity index (χ0v) is 17.0. The van der Waals surface area contributed by atoms with Crippen LogP contribution in [0, 0.1) is 12.8 Å². The minimum atomic E-state index is -3.76. The zero-order chi connectivity index (χ0) is 19.5. The number of carbonyl (C=O) groups is 1. The third-order valence-electron chi connectivity index (χ3n) is 4.37. The molecule has 1 aromatic rings. The van der Waals surface area contributed by atoms with E-state index >= 15 is 0 Å². The molecular weight excluding hydrogens is 352 g/mol. The summed E-state index contributed by atoms with van der Waals surface area (Å²) in [4.78, 5) is 14.9. The van der Waals surface area contributed by atoms with Crippen LogP contribution in [-0.4, -0.2) is 50.6 Å². The lowest BCUT2D eigenvalue weighted by molar-refractivity contribution is -0.145. The number of sulfonamides is 1. The Labute approximate surface area is 157 Å². The molecule has 0 aliphatic carbocycles. The maximum Gasteiger partial charge on any atom is 0.241 e. The van der Waals surface area contributed by atoms with Crippen LogP contribution in [0.3, 0.4) is 0 Å². The molecule has 0 radical (unpaired) electrons. The average molecular weight is 383 g/mol. The smallest absolute Gasteiger partial charge is 0.241 e. The fraction of sp³-hybridized carbons (Fsp3) is 0.632. The molecule has 7 heteroatoms. The first-order valence-electron chi connectivity index (χ1n) is 9.11. The Balaban J connectivity index is 2.21. The van der Waals surface area contributed by atoms with E-state index in [9.17, 15) is 13.2 Å². The number of morpholine rings is 1. The highest BCUT2D eigenvalue weighted by atomic mass is 32.2. The maximum atomic E-state index is 13.0. The lowest BCUT2D eigenvalue weighted by atomic mass is 10.0. The number of nitrogens with one attached hydrogen (secondary N) is 1. The summed E-state index contributed by atoms with van der Waals surface area (Å²) in [5.74, 6) is -0.00283. The molecule has 0 spiro atoms. The molecule has 3 atom stereocenters. The lowest BCUT2D eigenvalue weighted by Gasteiger charge is -2.37. The molecule has 0 saturated carbocycles. The Morgan fingerprint density at radius 2 is 1.73 bits per heavy atom. The molecule has 2 rings (SSSR count). The van der Waals surface area contributed by atoms with Gasteiger partial charge in [0.2, 0.25) is 15.9 Å². The van der Waals surface area contributed by atoms with Gasteiger partial charge in [-0.25, -0.2) is 8.42 Å².